The highest BCUT2D eigenvalue weighted by Crippen LogP contribution is 2.36. The summed E-state index contributed by atoms with van der Waals surface area (Å²) >= 11 is 1.37. The zero-order valence-corrected chi connectivity index (χ0v) is 14.3. The molecule has 1 aliphatic carbocycles. The standard InChI is InChI=1S/C21H12N2O2S/c24-19-12-6-1-2-7-13(12)20(25)18-14(19)8-5-11-17(18)26-21-22-15-9-3-4-10-16(15)23-21/h1-11H,(H,22,23). The number of H-pyrrole nitrogens is 1. The average Bonchev–Trinajstić information content (AvgIpc) is 3.08. The molecule has 4 aromatic rings. The quantitative estimate of drug-likeness (QED) is 0.506. The first-order valence-electron chi connectivity index (χ1n) is 8.16. The molecule has 1 aliphatic rings. The van der Waals surface area contributed by atoms with Gasteiger partial charge in [0.05, 0.1) is 11.0 Å². The first-order chi connectivity index (χ1) is 12.7. The molecule has 0 unspecified atom stereocenters. The smallest absolute Gasteiger partial charge is 0.195 e. The van der Waals surface area contributed by atoms with E-state index in [1.165, 1.54) is 11.8 Å². The molecule has 0 amide bonds. The fourth-order valence-corrected chi connectivity index (χ4v) is 4.24. The number of carbonyl (C=O) groups excluding carboxylic acids is 2. The normalized spacial score (nSPS) is 12.9. The van der Waals surface area contributed by atoms with E-state index in [4.69, 9.17) is 0 Å². The van der Waals surface area contributed by atoms with Crippen molar-refractivity contribution >= 4 is 34.4 Å². The van der Waals surface area contributed by atoms with Gasteiger partial charge in [0.1, 0.15) is 0 Å². The lowest BCUT2D eigenvalue weighted by atomic mass is 9.84. The lowest BCUT2D eigenvalue weighted by molar-refractivity contribution is 0.0977. The van der Waals surface area contributed by atoms with Crippen molar-refractivity contribution in [3.05, 3.63) is 89.0 Å². The molecule has 0 bridgehead atoms. The fraction of sp³-hybridized carbons (Fsp3) is 0. The van der Waals surface area contributed by atoms with Crippen LogP contribution in [0.2, 0.25) is 0 Å². The third-order valence-electron chi connectivity index (χ3n) is 4.49. The first-order valence-corrected chi connectivity index (χ1v) is 8.98. The molecule has 1 N–H and O–H groups in total. The second-order valence-corrected chi connectivity index (χ2v) is 7.07. The van der Waals surface area contributed by atoms with Gasteiger partial charge in [0, 0.05) is 27.1 Å². The molecule has 26 heavy (non-hydrogen) atoms. The molecule has 124 valence electrons. The Kier molecular flexibility index (Phi) is 3.30. The van der Waals surface area contributed by atoms with Gasteiger partial charge in [-0.05, 0) is 18.2 Å². The van der Waals surface area contributed by atoms with Crippen LogP contribution in [0, 0.1) is 0 Å². The minimum absolute atomic E-state index is 0.109. The number of rotatable bonds is 2. The molecule has 1 aromatic heterocycles. The molecule has 0 atom stereocenters. The minimum Gasteiger partial charge on any atom is -0.333 e. The van der Waals surface area contributed by atoms with Crippen molar-refractivity contribution in [2.75, 3.05) is 0 Å². The Balaban J connectivity index is 1.64. The molecule has 3 aromatic carbocycles. The van der Waals surface area contributed by atoms with Crippen LogP contribution in [0.3, 0.4) is 0 Å². The minimum atomic E-state index is -0.116. The van der Waals surface area contributed by atoms with E-state index in [1.807, 2.05) is 36.4 Å². The molecule has 0 radical (unpaired) electrons. The number of aromatic nitrogens is 2. The van der Waals surface area contributed by atoms with E-state index in [9.17, 15) is 9.59 Å². The molecule has 0 aliphatic heterocycles. The molecule has 4 nitrogen and oxygen atoms in total. The number of imidazole rings is 1. The van der Waals surface area contributed by atoms with E-state index in [0.717, 1.165) is 15.9 Å². The maximum atomic E-state index is 13.0. The molecule has 1 heterocycles. The van der Waals surface area contributed by atoms with Gasteiger partial charge >= 0.3 is 0 Å². The van der Waals surface area contributed by atoms with Crippen LogP contribution in [0.1, 0.15) is 31.8 Å². The van der Waals surface area contributed by atoms with Crippen LogP contribution in [0.5, 0.6) is 0 Å². The summed E-state index contributed by atoms with van der Waals surface area (Å²) in [5.41, 5.74) is 3.65. The lowest BCUT2D eigenvalue weighted by Crippen LogP contribution is -2.21. The molecular formula is C21H12N2O2S. The highest BCUT2D eigenvalue weighted by atomic mass is 32.2. The summed E-state index contributed by atoms with van der Waals surface area (Å²) in [6.07, 6.45) is 0. The van der Waals surface area contributed by atoms with E-state index in [0.29, 0.717) is 27.4 Å². The zero-order chi connectivity index (χ0) is 17.7. The summed E-state index contributed by atoms with van der Waals surface area (Å²) < 4.78 is 0. The van der Waals surface area contributed by atoms with Gasteiger partial charge in [0.2, 0.25) is 0 Å². The second-order valence-electron chi connectivity index (χ2n) is 6.04. The Morgan fingerprint density at radius 3 is 2.23 bits per heavy atom. The summed E-state index contributed by atoms with van der Waals surface area (Å²) in [6, 6.07) is 20.1. The number of hydrogen-bond donors (Lipinski definition) is 1. The summed E-state index contributed by atoms with van der Waals surface area (Å²) in [5, 5.41) is 0.693. The van der Waals surface area contributed by atoms with Gasteiger partial charge in [0.25, 0.3) is 0 Å². The zero-order valence-electron chi connectivity index (χ0n) is 13.5. The first kappa shape index (κ1) is 15.1. The SMILES string of the molecule is O=C1c2ccccc2C(=O)c2c(Sc3nc4ccccc4[nH]3)cccc21. The highest BCUT2D eigenvalue weighted by Gasteiger charge is 2.31. The topological polar surface area (TPSA) is 62.8 Å². The van der Waals surface area contributed by atoms with Crippen molar-refractivity contribution in [3.8, 4) is 0 Å². The molecule has 0 spiro atoms. The van der Waals surface area contributed by atoms with Gasteiger partial charge < -0.3 is 4.98 Å². The van der Waals surface area contributed by atoms with Gasteiger partial charge in [-0.1, -0.05) is 60.3 Å². The van der Waals surface area contributed by atoms with Crippen molar-refractivity contribution in [1.29, 1.82) is 0 Å². The lowest BCUT2D eigenvalue weighted by Gasteiger charge is -2.19. The Bertz CT molecular complexity index is 1180. The summed E-state index contributed by atoms with van der Waals surface area (Å²) in [4.78, 5) is 34.4. The van der Waals surface area contributed by atoms with Crippen molar-refractivity contribution < 1.29 is 9.59 Å². The monoisotopic (exact) mass is 356 g/mol. The molecular weight excluding hydrogens is 344 g/mol. The summed E-state index contributed by atoms with van der Waals surface area (Å²) in [7, 11) is 0. The number of para-hydroxylation sites is 2. The number of nitrogens with one attached hydrogen (secondary N) is 1. The van der Waals surface area contributed by atoms with Crippen LogP contribution in [0.15, 0.2) is 76.8 Å². The molecule has 0 saturated carbocycles. The van der Waals surface area contributed by atoms with E-state index in [1.54, 1.807) is 30.3 Å². The Labute approximate surface area is 153 Å². The van der Waals surface area contributed by atoms with Gasteiger partial charge in [-0.2, -0.15) is 0 Å². The molecule has 5 heteroatoms. The van der Waals surface area contributed by atoms with Crippen molar-refractivity contribution in [2.24, 2.45) is 0 Å². The second kappa shape index (κ2) is 5.68. The Morgan fingerprint density at radius 2 is 1.42 bits per heavy atom. The number of hydrogen-bond acceptors (Lipinski definition) is 4. The summed E-state index contributed by atoms with van der Waals surface area (Å²) in [5.74, 6) is -0.225. The highest BCUT2D eigenvalue weighted by molar-refractivity contribution is 7.99. The predicted molar refractivity (Wildman–Crippen MR) is 100.0 cm³/mol. The Morgan fingerprint density at radius 1 is 0.731 bits per heavy atom. The van der Waals surface area contributed by atoms with Crippen LogP contribution >= 0.6 is 11.8 Å². The number of nitrogens with zero attached hydrogens (tertiary/aromatic N) is 1. The van der Waals surface area contributed by atoms with Crippen molar-refractivity contribution in [1.82, 2.24) is 9.97 Å². The van der Waals surface area contributed by atoms with Gasteiger partial charge in [-0.25, -0.2) is 4.98 Å². The van der Waals surface area contributed by atoms with E-state index < -0.39 is 0 Å². The van der Waals surface area contributed by atoms with Crippen molar-refractivity contribution in [2.45, 2.75) is 10.1 Å². The maximum absolute atomic E-state index is 13.0. The Hall–Kier alpha value is -3.18. The van der Waals surface area contributed by atoms with Gasteiger partial charge in [-0.15, -0.1) is 0 Å². The molecule has 0 fully saturated rings. The van der Waals surface area contributed by atoms with Gasteiger partial charge in [-0.3, -0.25) is 9.59 Å². The van der Waals surface area contributed by atoms with Crippen LogP contribution in [0.4, 0.5) is 0 Å². The van der Waals surface area contributed by atoms with Crippen LogP contribution in [-0.4, -0.2) is 21.5 Å². The van der Waals surface area contributed by atoms with E-state index >= 15 is 0 Å². The molecule has 5 rings (SSSR count). The maximum Gasteiger partial charge on any atom is 0.195 e. The van der Waals surface area contributed by atoms with Gasteiger partial charge in [0.15, 0.2) is 16.7 Å². The number of carbonyl (C=O) groups is 2. The number of aromatic amines is 1. The fourth-order valence-electron chi connectivity index (χ4n) is 3.28. The largest absolute Gasteiger partial charge is 0.333 e. The van der Waals surface area contributed by atoms with Crippen LogP contribution < -0.4 is 0 Å². The van der Waals surface area contributed by atoms with E-state index in [2.05, 4.69) is 9.97 Å². The van der Waals surface area contributed by atoms with Crippen LogP contribution in [0.25, 0.3) is 11.0 Å². The molecule has 0 saturated heterocycles. The van der Waals surface area contributed by atoms with Crippen LogP contribution in [-0.2, 0) is 0 Å². The third-order valence-corrected chi connectivity index (χ3v) is 5.44. The number of benzene rings is 3. The average molecular weight is 356 g/mol. The number of ketones is 2. The van der Waals surface area contributed by atoms with E-state index in [-0.39, 0.29) is 11.6 Å². The van der Waals surface area contributed by atoms with Crippen molar-refractivity contribution in [3.63, 3.8) is 0 Å². The predicted octanol–water partition coefficient (Wildman–Crippen LogP) is 4.49. The number of fused-ring (bicyclic) bond motifs is 3. The summed E-state index contributed by atoms with van der Waals surface area (Å²) in [6.45, 7) is 0. The third kappa shape index (κ3) is 2.21.